The largest absolute Gasteiger partial charge is 0.524 e. The van der Waals surface area contributed by atoms with Crippen molar-refractivity contribution >= 4 is 18.1 Å². The van der Waals surface area contributed by atoms with E-state index in [0.717, 1.165) is 0 Å². The molecule has 0 spiro atoms. The van der Waals surface area contributed by atoms with E-state index in [-0.39, 0.29) is 6.42 Å². The van der Waals surface area contributed by atoms with Crippen molar-refractivity contribution in [2.45, 2.75) is 12.5 Å². The molecule has 0 aromatic heterocycles. The molecule has 0 amide bonds. The van der Waals surface area contributed by atoms with Crippen molar-refractivity contribution in [1.82, 2.24) is 0 Å². The van der Waals surface area contributed by atoms with Crippen LogP contribution in [0.25, 0.3) is 0 Å². The highest BCUT2D eigenvalue weighted by atomic mass is 16.8. The SMILES string of the molecule is N[C@H]1CC(=O)OC(=O)OC1=O. The molecular weight excluding hydrogens is 154 g/mol. The number of cyclic esters (lactones) is 4. The van der Waals surface area contributed by atoms with Crippen molar-refractivity contribution in [1.29, 1.82) is 0 Å². The Hall–Kier alpha value is -1.43. The van der Waals surface area contributed by atoms with Crippen LogP contribution in [0, 0.1) is 0 Å². The Morgan fingerprint density at radius 3 is 2.55 bits per heavy atom. The molecule has 60 valence electrons. The van der Waals surface area contributed by atoms with E-state index in [1.165, 1.54) is 0 Å². The number of nitrogens with two attached hydrogens (primary N) is 1. The Balaban J connectivity index is 2.74. The molecule has 2 N–H and O–H groups in total. The second-order valence-electron chi connectivity index (χ2n) is 1.96. The van der Waals surface area contributed by atoms with Gasteiger partial charge in [-0.1, -0.05) is 0 Å². The maximum absolute atomic E-state index is 10.6. The Morgan fingerprint density at radius 2 is 1.91 bits per heavy atom. The second-order valence-corrected chi connectivity index (χ2v) is 1.96. The third-order valence-electron chi connectivity index (χ3n) is 1.07. The molecule has 1 saturated heterocycles. The van der Waals surface area contributed by atoms with Gasteiger partial charge in [-0.15, -0.1) is 0 Å². The molecule has 0 bridgehead atoms. The van der Waals surface area contributed by atoms with Gasteiger partial charge in [0.25, 0.3) is 0 Å². The molecule has 0 aromatic rings. The van der Waals surface area contributed by atoms with Crippen LogP contribution in [0.2, 0.25) is 0 Å². The molecule has 6 nitrogen and oxygen atoms in total. The van der Waals surface area contributed by atoms with Crippen LogP contribution in [0.1, 0.15) is 6.42 Å². The van der Waals surface area contributed by atoms with Gasteiger partial charge in [-0.3, -0.25) is 4.79 Å². The minimum atomic E-state index is -1.31. The predicted octanol–water partition coefficient (Wildman–Crippen LogP) is -1.08. The van der Waals surface area contributed by atoms with Gasteiger partial charge in [0, 0.05) is 0 Å². The summed E-state index contributed by atoms with van der Waals surface area (Å²) in [4.78, 5) is 31.4. The third-order valence-corrected chi connectivity index (χ3v) is 1.07. The first-order valence-electron chi connectivity index (χ1n) is 2.81. The Bertz CT molecular complexity index is 223. The van der Waals surface area contributed by atoms with Crippen LogP contribution in [0.4, 0.5) is 4.79 Å². The first-order valence-corrected chi connectivity index (χ1v) is 2.81. The van der Waals surface area contributed by atoms with E-state index in [2.05, 4.69) is 9.47 Å². The molecule has 0 unspecified atom stereocenters. The van der Waals surface area contributed by atoms with Crippen LogP contribution in [0.5, 0.6) is 0 Å². The summed E-state index contributed by atoms with van der Waals surface area (Å²) in [6.45, 7) is 0. The van der Waals surface area contributed by atoms with Crippen LogP contribution >= 0.6 is 0 Å². The van der Waals surface area contributed by atoms with Gasteiger partial charge < -0.3 is 15.2 Å². The van der Waals surface area contributed by atoms with E-state index in [1.54, 1.807) is 0 Å². The number of ether oxygens (including phenoxy) is 2. The van der Waals surface area contributed by atoms with Crippen LogP contribution in [-0.4, -0.2) is 24.1 Å². The summed E-state index contributed by atoms with van der Waals surface area (Å²) in [5, 5.41) is 0. The van der Waals surface area contributed by atoms with Gasteiger partial charge in [-0.05, 0) is 0 Å². The second kappa shape index (κ2) is 2.67. The molecule has 6 heteroatoms. The minimum absolute atomic E-state index is 0.329. The highest BCUT2D eigenvalue weighted by molar-refractivity contribution is 5.95. The maximum Gasteiger partial charge on any atom is 0.524 e. The lowest BCUT2D eigenvalue weighted by atomic mass is 10.2. The van der Waals surface area contributed by atoms with Crippen LogP contribution in [-0.2, 0) is 19.1 Å². The van der Waals surface area contributed by atoms with Crippen LogP contribution < -0.4 is 5.73 Å². The van der Waals surface area contributed by atoms with E-state index >= 15 is 0 Å². The fraction of sp³-hybridized carbons (Fsp3) is 0.400. The van der Waals surface area contributed by atoms with Gasteiger partial charge in [-0.2, -0.15) is 0 Å². The highest BCUT2D eigenvalue weighted by Gasteiger charge is 2.29. The van der Waals surface area contributed by atoms with Crippen molar-refractivity contribution in [2.24, 2.45) is 5.73 Å². The number of rotatable bonds is 0. The molecule has 0 radical (unpaired) electrons. The number of esters is 2. The summed E-state index contributed by atoms with van der Waals surface area (Å²) in [6.07, 6.45) is -1.64. The zero-order valence-corrected chi connectivity index (χ0v) is 5.40. The van der Waals surface area contributed by atoms with Gasteiger partial charge >= 0.3 is 18.1 Å². The van der Waals surface area contributed by atoms with E-state index in [0.29, 0.717) is 0 Å². The van der Waals surface area contributed by atoms with Crippen molar-refractivity contribution < 1.29 is 23.9 Å². The summed E-state index contributed by atoms with van der Waals surface area (Å²) in [5.74, 6) is -1.80. The minimum Gasteiger partial charge on any atom is -0.360 e. The zero-order valence-electron chi connectivity index (χ0n) is 5.40. The topological polar surface area (TPSA) is 95.7 Å². The highest BCUT2D eigenvalue weighted by Crippen LogP contribution is 2.02. The lowest BCUT2D eigenvalue weighted by Crippen LogP contribution is -2.32. The quantitative estimate of drug-likeness (QED) is 0.357. The molecule has 0 aliphatic carbocycles. The van der Waals surface area contributed by atoms with Crippen molar-refractivity contribution in [3.63, 3.8) is 0 Å². The Labute approximate surface area is 61.2 Å². The molecule has 1 aliphatic heterocycles. The van der Waals surface area contributed by atoms with Gasteiger partial charge in [-0.25, -0.2) is 9.59 Å². The zero-order chi connectivity index (χ0) is 8.43. The normalized spacial score (nSPS) is 25.5. The summed E-state index contributed by atoms with van der Waals surface area (Å²) < 4.78 is 7.90. The van der Waals surface area contributed by atoms with Crippen molar-refractivity contribution in [3.05, 3.63) is 0 Å². The Kier molecular flexibility index (Phi) is 1.86. The van der Waals surface area contributed by atoms with Crippen molar-refractivity contribution in [3.8, 4) is 0 Å². The lowest BCUT2D eigenvalue weighted by Gasteiger charge is -1.98. The summed E-state index contributed by atoms with van der Waals surface area (Å²) in [7, 11) is 0. The van der Waals surface area contributed by atoms with Gasteiger partial charge in [0.1, 0.15) is 6.04 Å². The monoisotopic (exact) mass is 159 g/mol. The van der Waals surface area contributed by atoms with Crippen molar-refractivity contribution in [2.75, 3.05) is 0 Å². The van der Waals surface area contributed by atoms with Gasteiger partial charge in [0.2, 0.25) is 0 Å². The average Bonchev–Trinajstić information content (AvgIpc) is 1.93. The number of hydrogen-bond donors (Lipinski definition) is 1. The average molecular weight is 159 g/mol. The predicted molar refractivity (Wildman–Crippen MR) is 30.2 cm³/mol. The number of hydrogen-bond acceptors (Lipinski definition) is 6. The molecule has 1 heterocycles. The van der Waals surface area contributed by atoms with Crippen LogP contribution in [0.15, 0.2) is 0 Å². The fourth-order valence-corrected chi connectivity index (χ4v) is 0.576. The van der Waals surface area contributed by atoms with Crippen LogP contribution in [0.3, 0.4) is 0 Å². The molecule has 1 fully saturated rings. The number of carbonyl (C=O) groups is 3. The molecule has 1 atom stereocenters. The first-order chi connectivity index (χ1) is 5.09. The smallest absolute Gasteiger partial charge is 0.360 e. The third kappa shape index (κ3) is 1.74. The number of carbonyl (C=O) groups excluding carboxylic acids is 3. The standard InChI is InChI=1S/C5H5NO5/c6-2-1-3(7)10-5(9)11-4(2)8/h2H,1,6H2/t2-/m0/s1. The molecule has 0 saturated carbocycles. The van der Waals surface area contributed by atoms with E-state index in [1.807, 2.05) is 0 Å². The molecule has 1 aliphatic rings. The summed E-state index contributed by atoms with van der Waals surface area (Å²) >= 11 is 0. The molecule has 1 rings (SSSR count). The fourth-order valence-electron chi connectivity index (χ4n) is 0.576. The molecule has 0 aromatic carbocycles. The van der Waals surface area contributed by atoms with E-state index in [9.17, 15) is 14.4 Å². The van der Waals surface area contributed by atoms with E-state index < -0.39 is 24.1 Å². The van der Waals surface area contributed by atoms with E-state index in [4.69, 9.17) is 5.73 Å². The summed E-state index contributed by atoms with van der Waals surface area (Å²) in [6, 6.07) is -1.10. The Morgan fingerprint density at radius 1 is 1.27 bits per heavy atom. The lowest BCUT2D eigenvalue weighted by molar-refractivity contribution is -0.140. The summed E-state index contributed by atoms with van der Waals surface area (Å²) in [5.41, 5.74) is 5.10. The van der Waals surface area contributed by atoms with Gasteiger partial charge in [0.15, 0.2) is 0 Å². The molecule has 11 heavy (non-hydrogen) atoms. The first kappa shape index (κ1) is 7.67. The molecular formula is C5H5NO5. The van der Waals surface area contributed by atoms with Gasteiger partial charge in [0.05, 0.1) is 6.42 Å². The maximum atomic E-state index is 10.6.